The molecular formula is C18H18FN3O2. The number of carbonyl (C=O) groups excluding carboxylic acids is 2. The van der Waals surface area contributed by atoms with E-state index in [1.807, 2.05) is 4.90 Å². The monoisotopic (exact) mass is 327 g/mol. The first-order valence-electron chi connectivity index (χ1n) is 7.82. The smallest absolute Gasteiger partial charge is 0.272 e. The molecule has 5 nitrogen and oxygen atoms in total. The third-order valence-electron chi connectivity index (χ3n) is 4.15. The lowest BCUT2D eigenvalue weighted by atomic mass is 10.1. The molecule has 0 bridgehead atoms. The second kappa shape index (κ2) is 6.78. The quantitative estimate of drug-likeness (QED) is 0.812. The third kappa shape index (κ3) is 3.27. The average molecular weight is 327 g/mol. The topological polar surface area (TPSA) is 53.5 Å². The second-order valence-electron chi connectivity index (χ2n) is 5.72. The van der Waals surface area contributed by atoms with Crippen LogP contribution in [0.4, 0.5) is 10.1 Å². The van der Waals surface area contributed by atoms with E-state index in [0.717, 1.165) is 0 Å². The minimum Gasteiger partial charge on any atom is -0.366 e. The van der Waals surface area contributed by atoms with E-state index >= 15 is 0 Å². The van der Waals surface area contributed by atoms with Gasteiger partial charge in [-0.3, -0.25) is 14.6 Å². The van der Waals surface area contributed by atoms with E-state index in [2.05, 4.69) is 4.98 Å². The molecule has 24 heavy (non-hydrogen) atoms. The fourth-order valence-corrected chi connectivity index (χ4v) is 2.78. The Morgan fingerprint density at radius 1 is 1.08 bits per heavy atom. The molecule has 1 aliphatic heterocycles. The van der Waals surface area contributed by atoms with E-state index in [-0.39, 0.29) is 11.7 Å². The molecule has 0 aliphatic carbocycles. The first-order valence-corrected chi connectivity index (χ1v) is 7.82. The fourth-order valence-electron chi connectivity index (χ4n) is 2.78. The molecule has 1 saturated heterocycles. The van der Waals surface area contributed by atoms with Crippen molar-refractivity contribution in [2.24, 2.45) is 0 Å². The Labute approximate surface area is 139 Å². The number of Topliss-reactive ketones (excluding diaryl/α,β-unsaturated/α-hetero) is 1. The molecule has 1 aromatic carbocycles. The van der Waals surface area contributed by atoms with Crippen LogP contribution >= 0.6 is 0 Å². The van der Waals surface area contributed by atoms with Gasteiger partial charge >= 0.3 is 0 Å². The maximum atomic E-state index is 14.2. The van der Waals surface area contributed by atoms with Crippen LogP contribution in [0.15, 0.2) is 42.6 Å². The number of nitrogens with zero attached hydrogens (tertiary/aromatic N) is 3. The minimum atomic E-state index is -0.410. The molecule has 6 heteroatoms. The SMILES string of the molecule is CC(=O)c1ccc(N2CCN(C(=O)c3ccccn3)CC2)c(F)c1. The van der Waals surface area contributed by atoms with E-state index < -0.39 is 5.82 Å². The summed E-state index contributed by atoms with van der Waals surface area (Å²) in [5.41, 5.74) is 1.24. The predicted molar refractivity (Wildman–Crippen MR) is 88.8 cm³/mol. The summed E-state index contributed by atoms with van der Waals surface area (Å²) in [5.74, 6) is -0.680. The Bertz CT molecular complexity index is 756. The van der Waals surface area contributed by atoms with Crippen LogP contribution in [0.5, 0.6) is 0 Å². The fraction of sp³-hybridized carbons (Fsp3) is 0.278. The number of piperazine rings is 1. The Balaban J connectivity index is 1.67. The number of aromatic nitrogens is 1. The standard InChI is InChI=1S/C18H18FN3O2/c1-13(23)14-5-6-17(15(19)12-14)21-8-10-22(11-9-21)18(24)16-4-2-3-7-20-16/h2-7,12H,8-11H2,1H3. The van der Waals surface area contributed by atoms with E-state index in [0.29, 0.717) is 43.1 Å². The zero-order chi connectivity index (χ0) is 17.1. The van der Waals surface area contributed by atoms with Crippen molar-refractivity contribution in [1.29, 1.82) is 0 Å². The maximum absolute atomic E-state index is 14.2. The highest BCUT2D eigenvalue weighted by molar-refractivity contribution is 5.94. The highest BCUT2D eigenvalue weighted by atomic mass is 19.1. The van der Waals surface area contributed by atoms with Gasteiger partial charge in [0.1, 0.15) is 11.5 Å². The van der Waals surface area contributed by atoms with Gasteiger partial charge in [-0.2, -0.15) is 0 Å². The molecule has 0 atom stereocenters. The van der Waals surface area contributed by atoms with Gasteiger partial charge in [-0.25, -0.2) is 4.39 Å². The molecule has 0 spiro atoms. The van der Waals surface area contributed by atoms with Crippen molar-refractivity contribution < 1.29 is 14.0 Å². The molecular weight excluding hydrogens is 309 g/mol. The highest BCUT2D eigenvalue weighted by Gasteiger charge is 2.24. The second-order valence-corrected chi connectivity index (χ2v) is 5.72. The van der Waals surface area contributed by atoms with Crippen LogP contribution in [-0.2, 0) is 0 Å². The van der Waals surface area contributed by atoms with Crippen LogP contribution in [0.3, 0.4) is 0 Å². The summed E-state index contributed by atoms with van der Waals surface area (Å²) in [7, 11) is 0. The molecule has 124 valence electrons. The van der Waals surface area contributed by atoms with Crippen molar-refractivity contribution in [2.75, 3.05) is 31.1 Å². The van der Waals surface area contributed by atoms with Gasteiger partial charge in [0.15, 0.2) is 5.78 Å². The number of benzene rings is 1. The number of anilines is 1. The summed E-state index contributed by atoms with van der Waals surface area (Å²) in [6.45, 7) is 3.49. The highest BCUT2D eigenvalue weighted by Crippen LogP contribution is 2.22. The van der Waals surface area contributed by atoms with Gasteiger partial charge in [-0.15, -0.1) is 0 Å². The van der Waals surface area contributed by atoms with Gasteiger partial charge in [-0.1, -0.05) is 6.07 Å². The van der Waals surface area contributed by atoms with E-state index in [1.54, 1.807) is 41.4 Å². The van der Waals surface area contributed by atoms with Crippen LogP contribution < -0.4 is 4.90 Å². The molecule has 1 aromatic heterocycles. The number of pyridine rings is 1. The van der Waals surface area contributed by atoms with Gasteiger partial charge in [0.25, 0.3) is 5.91 Å². The Hall–Kier alpha value is -2.76. The lowest BCUT2D eigenvalue weighted by molar-refractivity contribution is 0.0740. The molecule has 3 rings (SSSR count). The van der Waals surface area contributed by atoms with E-state index in [9.17, 15) is 14.0 Å². The number of amides is 1. The minimum absolute atomic E-state index is 0.109. The lowest BCUT2D eigenvalue weighted by Gasteiger charge is -2.36. The lowest BCUT2D eigenvalue weighted by Crippen LogP contribution is -2.49. The van der Waals surface area contributed by atoms with Gasteiger partial charge in [0.05, 0.1) is 5.69 Å². The zero-order valence-electron chi connectivity index (χ0n) is 13.4. The molecule has 1 fully saturated rings. The number of rotatable bonds is 3. The van der Waals surface area contributed by atoms with Crippen molar-refractivity contribution in [2.45, 2.75) is 6.92 Å². The molecule has 0 N–H and O–H groups in total. The van der Waals surface area contributed by atoms with Crippen LogP contribution in [0, 0.1) is 5.82 Å². The molecule has 0 saturated carbocycles. The zero-order valence-corrected chi connectivity index (χ0v) is 13.4. The third-order valence-corrected chi connectivity index (χ3v) is 4.15. The number of hydrogen-bond acceptors (Lipinski definition) is 4. The van der Waals surface area contributed by atoms with Crippen LogP contribution in [0.25, 0.3) is 0 Å². The molecule has 2 aromatic rings. The van der Waals surface area contributed by atoms with Crippen LogP contribution in [-0.4, -0.2) is 47.8 Å². The molecule has 0 radical (unpaired) electrons. The van der Waals surface area contributed by atoms with Crippen LogP contribution in [0.2, 0.25) is 0 Å². The summed E-state index contributed by atoms with van der Waals surface area (Å²) >= 11 is 0. The van der Waals surface area contributed by atoms with Gasteiger partial charge in [-0.05, 0) is 37.3 Å². The van der Waals surface area contributed by atoms with Crippen LogP contribution in [0.1, 0.15) is 27.8 Å². The normalized spacial score (nSPS) is 14.6. The number of carbonyl (C=O) groups is 2. The Kier molecular flexibility index (Phi) is 4.55. The molecule has 1 amide bonds. The average Bonchev–Trinajstić information content (AvgIpc) is 2.62. The summed E-state index contributed by atoms with van der Waals surface area (Å²) in [4.78, 5) is 31.4. The van der Waals surface area contributed by atoms with Gasteiger partial charge in [0.2, 0.25) is 0 Å². The summed E-state index contributed by atoms with van der Waals surface area (Å²) in [6.07, 6.45) is 1.59. The van der Waals surface area contributed by atoms with Crippen molar-refractivity contribution in [3.8, 4) is 0 Å². The number of ketones is 1. The summed E-state index contributed by atoms with van der Waals surface area (Å²) in [6, 6.07) is 9.76. The Morgan fingerprint density at radius 2 is 1.83 bits per heavy atom. The molecule has 1 aliphatic rings. The van der Waals surface area contributed by atoms with Crippen molar-refractivity contribution in [3.05, 3.63) is 59.7 Å². The molecule has 2 heterocycles. The van der Waals surface area contributed by atoms with Crippen molar-refractivity contribution in [3.63, 3.8) is 0 Å². The Morgan fingerprint density at radius 3 is 2.42 bits per heavy atom. The largest absolute Gasteiger partial charge is 0.366 e. The van der Waals surface area contributed by atoms with Gasteiger partial charge < -0.3 is 9.80 Å². The molecule has 0 unspecified atom stereocenters. The number of hydrogen-bond donors (Lipinski definition) is 0. The van der Waals surface area contributed by atoms with E-state index in [1.165, 1.54) is 13.0 Å². The first-order chi connectivity index (χ1) is 11.6. The van der Waals surface area contributed by atoms with Crippen molar-refractivity contribution in [1.82, 2.24) is 9.88 Å². The first kappa shape index (κ1) is 16.1. The summed E-state index contributed by atoms with van der Waals surface area (Å²) in [5, 5.41) is 0. The maximum Gasteiger partial charge on any atom is 0.272 e. The van der Waals surface area contributed by atoms with E-state index in [4.69, 9.17) is 0 Å². The predicted octanol–water partition coefficient (Wildman–Crippen LogP) is 2.39. The van der Waals surface area contributed by atoms with Gasteiger partial charge in [0, 0.05) is 37.9 Å². The number of halogens is 1. The van der Waals surface area contributed by atoms with Crippen molar-refractivity contribution >= 4 is 17.4 Å². The summed E-state index contributed by atoms with van der Waals surface area (Å²) < 4.78 is 14.2.